The molecule has 0 bridgehead atoms. The van der Waals surface area contributed by atoms with E-state index in [2.05, 4.69) is 37.1 Å². The Hall–Kier alpha value is -1.76. The van der Waals surface area contributed by atoms with E-state index in [1.165, 1.54) is 11.3 Å². The summed E-state index contributed by atoms with van der Waals surface area (Å²) in [5.41, 5.74) is 3.47. The molecule has 1 heteroatoms. The number of rotatable bonds is 4. The summed E-state index contributed by atoms with van der Waals surface area (Å²) >= 11 is 0. The Kier molecular flexibility index (Phi) is 3.92. The average Bonchev–Trinajstić information content (AvgIpc) is 2.25. The highest BCUT2D eigenvalue weighted by Crippen LogP contribution is 2.21. The Morgan fingerprint density at radius 2 is 1.93 bits per heavy atom. The molecular formula is C14H17N. The molecular weight excluding hydrogens is 182 g/mol. The molecule has 0 amide bonds. The highest BCUT2D eigenvalue weighted by Gasteiger charge is 2.05. The lowest BCUT2D eigenvalue weighted by Gasteiger charge is -2.22. The quantitative estimate of drug-likeness (QED) is 0.668. The predicted molar refractivity (Wildman–Crippen MR) is 68.1 cm³/mol. The molecule has 1 aromatic carbocycles. The zero-order valence-electron chi connectivity index (χ0n) is 9.40. The molecule has 78 valence electrons. The Morgan fingerprint density at radius 3 is 2.47 bits per heavy atom. The molecule has 0 atom stereocenters. The minimum absolute atomic E-state index is 1.04. The molecule has 0 spiro atoms. The van der Waals surface area contributed by atoms with Crippen LogP contribution >= 0.6 is 0 Å². The summed E-state index contributed by atoms with van der Waals surface area (Å²) in [6, 6.07) is 8.27. The molecule has 1 rings (SSSR count). The second-order valence-corrected chi connectivity index (χ2v) is 3.38. The summed E-state index contributed by atoms with van der Waals surface area (Å²) in [4.78, 5) is 2.10. The fraction of sp³-hybridized carbons (Fsp3) is 0.143. The second kappa shape index (κ2) is 5.20. The van der Waals surface area contributed by atoms with E-state index < -0.39 is 0 Å². The summed E-state index contributed by atoms with van der Waals surface area (Å²) in [6.07, 6.45) is 5.54. The van der Waals surface area contributed by atoms with Gasteiger partial charge in [0, 0.05) is 18.4 Å². The minimum atomic E-state index is 1.04. The number of para-hydroxylation sites is 1. The Bertz CT molecular complexity index is 388. The zero-order chi connectivity index (χ0) is 11.3. The highest BCUT2D eigenvalue weighted by molar-refractivity contribution is 5.58. The maximum absolute atomic E-state index is 3.80. The van der Waals surface area contributed by atoms with Crippen molar-refractivity contribution in [1.82, 2.24) is 0 Å². The monoisotopic (exact) mass is 199 g/mol. The molecule has 0 saturated carbocycles. The molecule has 0 aliphatic rings. The van der Waals surface area contributed by atoms with Crippen molar-refractivity contribution in [2.45, 2.75) is 6.92 Å². The molecule has 1 aromatic rings. The largest absolute Gasteiger partial charge is 0.344 e. The first kappa shape index (κ1) is 11.3. The standard InChI is InChI=1S/C14H17N/c1-5-9-13(6-2)15(4)14-11-8-7-10-12(14)3/h5-11H,1-2H2,3-4H3/b13-9+. The molecule has 0 aromatic heterocycles. The maximum Gasteiger partial charge on any atom is 0.0437 e. The first-order chi connectivity index (χ1) is 7.20. The zero-order valence-corrected chi connectivity index (χ0v) is 9.40. The van der Waals surface area contributed by atoms with Gasteiger partial charge in [0.1, 0.15) is 0 Å². The van der Waals surface area contributed by atoms with Crippen molar-refractivity contribution in [2.75, 3.05) is 11.9 Å². The number of aryl methyl sites for hydroxylation is 1. The average molecular weight is 199 g/mol. The van der Waals surface area contributed by atoms with Crippen molar-refractivity contribution in [2.24, 2.45) is 0 Å². The molecule has 0 saturated heterocycles. The SMILES string of the molecule is C=C/C=C(\C=C)N(C)c1ccccc1C. The first-order valence-electron chi connectivity index (χ1n) is 4.95. The van der Waals surface area contributed by atoms with Gasteiger partial charge in [-0.25, -0.2) is 0 Å². The van der Waals surface area contributed by atoms with Gasteiger partial charge in [0.05, 0.1) is 0 Å². The Balaban J connectivity index is 3.08. The summed E-state index contributed by atoms with van der Waals surface area (Å²) in [6.45, 7) is 9.59. The lowest BCUT2D eigenvalue weighted by atomic mass is 10.1. The fourth-order valence-corrected chi connectivity index (χ4v) is 1.52. The number of hydrogen-bond donors (Lipinski definition) is 0. The normalized spacial score (nSPS) is 10.9. The van der Waals surface area contributed by atoms with Crippen LogP contribution in [0.25, 0.3) is 0 Å². The number of anilines is 1. The summed E-state index contributed by atoms with van der Waals surface area (Å²) in [5, 5.41) is 0. The number of likely N-dealkylation sites (N-methyl/N-ethyl adjacent to an activating group) is 1. The van der Waals surface area contributed by atoms with Gasteiger partial charge < -0.3 is 4.90 Å². The smallest absolute Gasteiger partial charge is 0.0437 e. The van der Waals surface area contributed by atoms with Crippen molar-refractivity contribution in [3.63, 3.8) is 0 Å². The number of hydrogen-bond acceptors (Lipinski definition) is 1. The van der Waals surface area contributed by atoms with Gasteiger partial charge in [-0.2, -0.15) is 0 Å². The van der Waals surface area contributed by atoms with Crippen molar-refractivity contribution in [3.05, 3.63) is 66.9 Å². The summed E-state index contributed by atoms with van der Waals surface area (Å²) < 4.78 is 0. The third-order valence-corrected chi connectivity index (χ3v) is 2.36. The van der Waals surface area contributed by atoms with Crippen LogP contribution < -0.4 is 4.90 Å². The summed E-state index contributed by atoms with van der Waals surface area (Å²) in [5.74, 6) is 0. The van der Waals surface area contributed by atoms with Crippen molar-refractivity contribution in [3.8, 4) is 0 Å². The van der Waals surface area contributed by atoms with Gasteiger partial charge >= 0.3 is 0 Å². The molecule has 1 nitrogen and oxygen atoms in total. The fourth-order valence-electron chi connectivity index (χ4n) is 1.52. The molecule has 0 unspecified atom stereocenters. The van der Waals surface area contributed by atoms with E-state index in [4.69, 9.17) is 0 Å². The maximum atomic E-state index is 3.80. The van der Waals surface area contributed by atoms with E-state index in [9.17, 15) is 0 Å². The third kappa shape index (κ3) is 2.59. The van der Waals surface area contributed by atoms with Crippen LogP contribution in [0.15, 0.2) is 61.3 Å². The number of allylic oxidation sites excluding steroid dienone is 3. The Morgan fingerprint density at radius 1 is 1.27 bits per heavy atom. The van der Waals surface area contributed by atoms with Gasteiger partial charge in [-0.1, -0.05) is 37.4 Å². The van der Waals surface area contributed by atoms with Crippen LogP contribution in [0, 0.1) is 6.92 Å². The van der Waals surface area contributed by atoms with E-state index in [0.717, 1.165) is 5.70 Å². The first-order valence-corrected chi connectivity index (χ1v) is 4.95. The van der Waals surface area contributed by atoms with Crippen LogP contribution in [-0.4, -0.2) is 7.05 Å². The van der Waals surface area contributed by atoms with Crippen LogP contribution in [0.3, 0.4) is 0 Å². The molecule has 0 heterocycles. The lowest BCUT2D eigenvalue weighted by molar-refractivity contribution is 1.12. The topological polar surface area (TPSA) is 3.24 Å². The lowest BCUT2D eigenvalue weighted by Crippen LogP contribution is -2.15. The second-order valence-electron chi connectivity index (χ2n) is 3.38. The van der Waals surface area contributed by atoms with Crippen molar-refractivity contribution < 1.29 is 0 Å². The summed E-state index contributed by atoms with van der Waals surface area (Å²) in [7, 11) is 2.03. The van der Waals surface area contributed by atoms with Gasteiger partial charge in [0.15, 0.2) is 0 Å². The van der Waals surface area contributed by atoms with Crippen LogP contribution in [0.2, 0.25) is 0 Å². The molecule has 0 aliphatic heterocycles. The van der Waals surface area contributed by atoms with Crippen molar-refractivity contribution in [1.29, 1.82) is 0 Å². The molecule has 0 fully saturated rings. The van der Waals surface area contributed by atoms with E-state index >= 15 is 0 Å². The van der Waals surface area contributed by atoms with E-state index in [-0.39, 0.29) is 0 Å². The van der Waals surface area contributed by atoms with Gasteiger partial charge in [-0.15, -0.1) is 0 Å². The van der Waals surface area contributed by atoms with Crippen LogP contribution in [0.5, 0.6) is 0 Å². The van der Waals surface area contributed by atoms with E-state index in [0.29, 0.717) is 0 Å². The molecule has 0 N–H and O–H groups in total. The van der Waals surface area contributed by atoms with Crippen LogP contribution in [0.4, 0.5) is 5.69 Å². The minimum Gasteiger partial charge on any atom is -0.344 e. The van der Waals surface area contributed by atoms with Crippen LogP contribution in [-0.2, 0) is 0 Å². The van der Waals surface area contributed by atoms with Gasteiger partial charge in [0.2, 0.25) is 0 Å². The van der Waals surface area contributed by atoms with E-state index in [1.54, 1.807) is 6.08 Å². The molecule has 0 radical (unpaired) electrons. The Labute approximate surface area is 92.0 Å². The van der Waals surface area contributed by atoms with Crippen molar-refractivity contribution >= 4 is 5.69 Å². The third-order valence-electron chi connectivity index (χ3n) is 2.36. The van der Waals surface area contributed by atoms with Crippen LogP contribution in [0.1, 0.15) is 5.56 Å². The van der Waals surface area contributed by atoms with Gasteiger partial charge in [-0.3, -0.25) is 0 Å². The van der Waals surface area contributed by atoms with E-state index in [1.807, 2.05) is 31.3 Å². The number of benzene rings is 1. The number of nitrogens with zero attached hydrogens (tertiary/aromatic N) is 1. The molecule has 15 heavy (non-hydrogen) atoms. The molecule has 0 aliphatic carbocycles. The van der Waals surface area contributed by atoms with Gasteiger partial charge in [-0.05, 0) is 30.7 Å². The predicted octanol–water partition coefficient (Wildman–Crippen LogP) is 3.69. The van der Waals surface area contributed by atoms with Gasteiger partial charge in [0.25, 0.3) is 0 Å². The highest BCUT2D eigenvalue weighted by atomic mass is 15.1.